The Labute approximate surface area is 108 Å². The molecule has 0 bridgehead atoms. The van der Waals surface area contributed by atoms with Gasteiger partial charge in [-0.1, -0.05) is 6.07 Å². The number of benzene rings is 1. The smallest absolute Gasteiger partial charge is 0.253 e. The summed E-state index contributed by atoms with van der Waals surface area (Å²) in [6.45, 7) is 2.07. The Morgan fingerprint density at radius 2 is 2.28 bits per heavy atom. The van der Waals surface area contributed by atoms with Gasteiger partial charge >= 0.3 is 0 Å². The Kier molecular flexibility index (Phi) is 3.87. The molecule has 4 nitrogen and oxygen atoms in total. The summed E-state index contributed by atoms with van der Waals surface area (Å²) >= 11 is 0. The van der Waals surface area contributed by atoms with Crippen molar-refractivity contribution in [3.8, 4) is 0 Å². The molecule has 1 unspecified atom stereocenters. The van der Waals surface area contributed by atoms with Crippen LogP contribution in [0.5, 0.6) is 0 Å². The van der Waals surface area contributed by atoms with E-state index in [0.717, 1.165) is 25.9 Å². The maximum absolute atomic E-state index is 12.4. The SMILES string of the molecule is CN1CCCC(N(C)C(=O)c2cccc(N)c2)C1. The molecule has 1 fully saturated rings. The van der Waals surface area contributed by atoms with Crippen molar-refractivity contribution in [2.75, 3.05) is 32.9 Å². The van der Waals surface area contributed by atoms with Gasteiger partial charge in [0.25, 0.3) is 5.91 Å². The third kappa shape index (κ3) is 2.82. The Morgan fingerprint density at radius 1 is 1.50 bits per heavy atom. The predicted molar refractivity (Wildman–Crippen MR) is 73.5 cm³/mol. The zero-order valence-corrected chi connectivity index (χ0v) is 11.1. The van der Waals surface area contributed by atoms with Crippen molar-refractivity contribution >= 4 is 11.6 Å². The molecule has 2 rings (SSSR count). The number of amides is 1. The van der Waals surface area contributed by atoms with Gasteiger partial charge in [-0.25, -0.2) is 0 Å². The third-order valence-electron chi connectivity index (χ3n) is 3.60. The minimum Gasteiger partial charge on any atom is -0.399 e. The number of hydrogen-bond acceptors (Lipinski definition) is 3. The first-order valence-corrected chi connectivity index (χ1v) is 6.39. The topological polar surface area (TPSA) is 49.6 Å². The standard InChI is InChI=1S/C14H21N3O/c1-16-8-4-7-13(10-16)17(2)14(18)11-5-3-6-12(15)9-11/h3,5-6,9,13H,4,7-8,10,15H2,1-2H3. The Hall–Kier alpha value is -1.55. The lowest BCUT2D eigenvalue weighted by Crippen LogP contribution is -2.47. The number of nitrogen functional groups attached to an aromatic ring is 1. The predicted octanol–water partition coefficient (Wildman–Crippen LogP) is 1.43. The first kappa shape index (κ1) is 12.9. The molecule has 0 radical (unpaired) electrons. The molecule has 1 heterocycles. The number of nitrogens with zero attached hydrogens (tertiary/aromatic N) is 2. The van der Waals surface area contributed by atoms with Gasteiger partial charge in [-0.2, -0.15) is 0 Å². The van der Waals surface area contributed by atoms with Crippen LogP contribution in [-0.2, 0) is 0 Å². The van der Waals surface area contributed by atoms with Crippen molar-refractivity contribution in [2.45, 2.75) is 18.9 Å². The molecule has 0 aliphatic carbocycles. The number of piperidine rings is 1. The Balaban J connectivity index is 2.08. The molecule has 1 aliphatic rings. The lowest BCUT2D eigenvalue weighted by molar-refractivity contribution is 0.0644. The van der Waals surface area contributed by atoms with Crippen molar-refractivity contribution in [2.24, 2.45) is 0 Å². The Morgan fingerprint density at radius 3 is 2.94 bits per heavy atom. The van der Waals surface area contributed by atoms with Gasteiger partial charge in [0.1, 0.15) is 0 Å². The fourth-order valence-corrected chi connectivity index (χ4v) is 2.50. The number of hydrogen-bond donors (Lipinski definition) is 1. The zero-order valence-electron chi connectivity index (χ0n) is 11.1. The van der Waals surface area contributed by atoms with E-state index in [1.165, 1.54) is 0 Å². The van der Waals surface area contributed by atoms with Crippen LogP contribution in [0.2, 0.25) is 0 Å². The van der Waals surface area contributed by atoms with Gasteiger partial charge in [-0.3, -0.25) is 4.79 Å². The average molecular weight is 247 g/mol. The summed E-state index contributed by atoms with van der Waals surface area (Å²) in [5.41, 5.74) is 7.02. The highest BCUT2D eigenvalue weighted by atomic mass is 16.2. The fourth-order valence-electron chi connectivity index (χ4n) is 2.50. The molecule has 18 heavy (non-hydrogen) atoms. The van der Waals surface area contributed by atoms with Gasteiger partial charge in [-0.05, 0) is 44.6 Å². The largest absolute Gasteiger partial charge is 0.399 e. The summed E-state index contributed by atoms with van der Waals surface area (Å²) in [4.78, 5) is 16.5. The second-order valence-corrected chi connectivity index (χ2v) is 5.10. The maximum Gasteiger partial charge on any atom is 0.253 e. The second kappa shape index (κ2) is 5.40. The molecule has 98 valence electrons. The number of carbonyl (C=O) groups excluding carboxylic acids is 1. The molecule has 1 aromatic carbocycles. The summed E-state index contributed by atoms with van der Waals surface area (Å²) in [5, 5.41) is 0. The van der Waals surface area contributed by atoms with Crippen molar-refractivity contribution in [1.82, 2.24) is 9.80 Å². The number of anilines is 1. The van der Waals surface area contributed by atoms with Crippen LogP contribution in [0, 0.1) is 0 Å². The lowest BCUT2D eigenvalue weighted by atomic mass is 10.0. The summed E-state index contributed by atoms with van der Waals surface area (Å²) in [5.74, 6) is 0.0580. The molecule has 0 saturated carbocycles. The van der Waals surface area contributed by atoms with Crippen LogP contribution in [0.25, 0.3) is 0 Å². The van der Waals surface area contributed by atoms with Gasteiger partial charge in [-0.15, -0.1) is 0 Å². The minimum absolute atomic E-state index is 0.0580. The van der Waals surface area contributed by atoms with Crippen LogP contribution >= 0.6 is 0 Å². The molecule has 1 atom stereocenters. The number of likely N-dealkylation sites (tertiary alicyclic amines) is 1. The minimum atomic E-state index is 0.0580. The van der Waals surface area contributed by atoms with E-state index in [9.17, 15) is 4.79 Å². The van der Waals surface area contributed by atoms with Gasteiger partial charge in [0.05, 0.1) is 0 Å². The van der Waals surface area contributed by atoms with Crippen LogP contribution in [0.1, 0.15) is 23.2 Å². The van der Waals surface area contributed by atoms with Crippen LogP contribution in [0.15, 0.2) is 24.3 Å². The first-order valence-electron chi connectivity index (χ1n) is 6.39. The third-order valence-corrected chi connectivity index (χ3v) is 3.60. The lowest BCUT2D eigenvalue weighted by Gasteiger charge is -2.35. The summed E-state index contributed by atoms with van der Waals surface area (Å²) in [6.07, 6.45) is 2.23. The first-order chi connectivity index (χ1) is 8.58. The molecule has 2 N–H and O–H groups in total. The summed E-state index contributed by atoms with van der Waals surface area (Å²) in [7, 11) is 3.99. The molecule has 1 aromatic rings. The number of carbonyl (C=O) groups is 1. The Bertz CT molecular complexity index is 433. The maximum atomic E-state index is 12.4. The molecule has 0 spiro atoms. The van der Waals surface area contributed by atoms with Gasteiger partial charge in [0.2, 0.25) is 0 Å². The summed E-state index contributed by atoms with van der Waals surface area (Å²) < 4.78 is 0. The monoisotopic (exact) mass is 247 g/mol. The van der Waals surface area contributed by atoms with E-state index in [0.29, 0.717) is 17.3 Å². The van der Waals surface area contributed by atoms with Crippen molar-refractivity contribution in [3.63, 3.8) is 0 Å². The molecule has 1 aliphatic heterocycles. The average Bonchev–Trinajstić information content (AvgIpc) is 2.37. The van der Waals surface area contributed by atoms with Crippen LogP contribution < -0.4 is 5.73 Å². The molecular formula is C14H21N3O. The van der Waals surface area contributed by atoms with E-state index in [-0.39, 0.29) is 5.91 Å². The van der Waals surface area contributed by atoms with E-state index in [1.54, 1.807) is 12.1 Å². The van der Waals surface area contributed by atoms with E-state index >= 15 is 0 Å². The highest BCUT2D eigenvalue weighted by Gasteiger charge is 2.25. The van der Waals surface area contributed by atoms with Crippen LogP contribution in [0.3, 0.4) is 0 Å². The van der Waals surface area contributed by atoms with E-state index in [4.69, 9.17) is 5.73 Å². The van der Waals surface area contributed by atoms with Crippen LogP contribution in [0.4, 0.5) is 5.69 Å². The molecule has 1 saturated heterocycles. The molecule has 0 aromatic heterocycles. The highest BCUT2D eigenvalue weighted by molar-refractivity contribution is 5.95. The molecule has 4 heteroatoms. The zero-order chi connectivity index (χ0) is 13.1. The fraction of sp³-hybridized carbons (Fsp3) is 0.500. The van der Waals surface area contributed by atoms with E-state index in [2.05, 4.69) is 11.9 Å². The molecular weight excluding hydrogens is 226 g/mol. The van der Waals surface area contributed by atoms with Crippen molar-refractivity contribution in [1.29, 1.82) is 0 Å². The number of rotatable bonds is 2. The van der Waals surface area contributed by atoms with Gasteiger partial charge in [0, 0.05) is 30.9 Å². The molecule has 1 amide bonds. The quantitative estimate of drug-likeness (QED) is 0.804. The number of likely N-dealkylation sites (N-methyl/N-ethyl adjacent to an activating group) is 2. The van der Waals surface area contributed by atoms with E-state index in [1.807, 2.05) is 24.1 Å². The van der Waals surface area contributed by atoms with Crippen LogP contribution in [-0.4, -0.2) is 48.9 Å². The second-order valence-electron chi connectivity index (χ2n) is 5.10. The van der Waals surface area contributed by atoms with Crippen molar-refractivity contribution in [3.05, 3.63) is 29.8 Å². The van der Waals surface area contributed by atoms with Crippen molar-refractivity contribution < 1.29 is 4.79 Å². The van der Waals surface area contributed by atoms with E-state index < -0.39 is 0 Å². The number of nitrogens with two attached hydrogens (primary N) is 1. The van der Waals surface area contributed by atoms with Gasteiger partial charge < -0.3 is 15.5 Å². The normalized spacial score (nSPS) is 20.7. The highest BCUT2D eigenvalue weighted by Crippen LogP contribution is 2.17. The van der Waals surface area contributed by atoms with Gasteiger partial charge in [0.15, 0.2) is 0 Å². The summed E-state index contributed by atoms with van der Waals surface area (Å²) in [6, 6.07) is 7.49.